The van der Waals surface area contributed by atoms with Crippen LogP contribution in [0.2, 0.25) is 0 Å². The van der Waals surface area contributed by atoms with Crippen LogP contribution in [0.4, 0.5) is 0 Å². The third-order valence-electron chi connectivity index (χ3n) is 3.15. The van der Waals surface area contributed by atoms with E-state index in [9.17, 15) is 4.79 Å². The number of carbonyl (C=O) groups is 1. The summed E-state index contributed by atoms with van der Waals surface area (Å²) in [6.45, 7) is 2.24. The number of unbranched alkanes of at least 4 members (excludes halogenated alkanes) is 9. The highest BCUT2D eigenvalue weighted by Crippen LogP contribution is 2.08. The summed E-state index contributed by atoms with van der Waals surface area (Å²) in [7, 11) is 1.50. The number of hydrogen-bond acceptors (Lipinski definition) is 2. The Morgan fingerprint density at radius 3 is 1.80 bits per heavy atom. The molecule has 0 bridgehead atoms. The molecule has 0 fully saturated rings. The second-order valence-electron chi connectivity index (χ2n) is 5.02. The van der Waals surface area contributed by atoms with Crippen LogP contribution in [0, 0.1) is 0 Å². The van der Waals surface area contributed by atoms with Crippen molar-refractivity contribution in [2.75, 3.05) is 7.05 Å². The average Bonchev–Trinajstić information content (AvgIpc) is 2.46. The Morgan fingerprint density at radius 1 is 0.850 bits per heavy atom. The van der Waals surface area contributed by atoms with Gasteiger partial charge >= 0.3 is 5.97 Å². The largest absolute Gasteiger partial charge is 0.481 e. The summed E-state index contributed by atoms with van der Waals surface area (Å²) in [6, 6.07) is 0. The Morgan fingerprint density at radius 2 is 1.30 bits per heavy atom. The molecular formula is C17H35NO2. The van der Waals surface area contributed by atoms with Crippen LogP contribution in [0.1, 0.15) is 84.0 Å². The summed E-state index contributed by atoms with van der Waals surface area (Å²) in [4.78, 5) is 10.3. The third-order valence-corrected chi connectivity index (χ3v) is 3.15. The Bertz CT molecular complexity index is 215. The van der Waals surface area contributed by atoms with Crippen molar-refractivity contribution in [3.8, 4) is 0 Å². The van der Waals surface area contributed by atoms with Crippen molar-refractivity contribution in [1.82, 2.24) is 0 Å². The van der Waals surface area contributed by atoms with Gasteiger partial charge in [-0.25, -0.2) is 0 Å². The van der Waals surface area contributed by atoms with Gasteiger partial charge in [0.1, 0.15) is 0 Å². The summed E-state index contributed by atoms with van der Waals surface area (Å²) < 4.78 is 0. The van der Waals surface area contributed by atoms with Crippen molar-refractivity contribution < 1.29 is 9.90 Å². The van der Waals surface area contributed by atoms with Crippen molar-refractivity contribution in [2.45, 2.75) is 84.0 Å². The molecule has 3 heteroatoms. The maximum Gasteiger partial charge on any atom is 0.303 e. The fourth-order valence-corrected chi connectivity index (χ4v) is 1.99. The molecule has 0 saturated carbocycles. The van der Waals surface area contributed by atoms with Gasteiger partial charge in [-0.1, -0.05) is 57.6 Å². The molecule has 0 aromatic rings. The van der Waals surface area contributed by atoms with Gasteiger partial charge in [0.05, 0.1) is 0 Å². The molecular weight excluding hydrogens is 250 g/mol. The standard InChI is InChI=1S/C16H30O2.CH5N/c1-2-3-4-5-6-7-8-9-10-11-12-13-14-15-16(17)18;1-2/h7-8H,2-6,9-15H2,1H3,(H,17,18);2H2,1H3/b8-7-;. The first-order chi connectivity index (χ1) is 9.77. The summed E-state index contributed by atoms with van der Waals surface area (Å²) in [6.07, 6.45) is 18.3. The molecule has 0 heterocycles. The Kier molecular flexibility index (Phi) is 22.0. The summed E-state index contributed by atoms with van der Waals surface area (Å²) >= 11 is 0. The fraction of sp³-hybridized carbons (Fsp3) is 0.824. The zero-order valence-corrected chi connectivity index (χ0v) is 13.6. The van der Waals surface area contributed by atoms with E-state index in [1.54, 1.807) is 0 Å². The normalized spacial score (nSPS) is 10.3. The van der Waals surface area contributed by atoms with Crippen molar-refractivity contribution in [3.05, 3.63) is 12.2 Å². The van der Waals surface area contributed by atoms with Gasteiger partial charge in [-0.2, -0.15) is 0 Å². The van der Waals surface area contributed by atoms with Gasteiger partial charge in [0.2, 0.25) is 0 Å². The number of nitrogens with two attached hydrogens (primary N) is 1. The molecule has 0 atom stereocenters. The second-order valence-corrected chi connectivity index (χ2v) is 5.02. The van der Waals surface area contributed by atoms with Crippen molar-refractivity contribution in [3.63, 3.8) is 0 Å². The molecule has 3 nitrogen and oxygen atoms in total. The Balaban J connectivity index is 0. The molecule has 0 unspecified atom stereocenters. The second kappa shape index (κ2) is 20.5. The van der Waals surface area contributed by atoms with Gasteiger partial charge in [-0.3, -0.25) is 4.79 Å². The smallest absolute Gasteiger partial charge is 0.303 e. The lowest BCUT2D eigenvalue weighted by Crippen LogP contribution is -1.93. The van der Waals surface area contributed by atoms with Crippen LogP contribution in [0.15, 0.2) is 12.2 Å². The molecule has 3 N–H and O–H groups in total. The number of aliphatic carboxylic acids is 1. The molecule has 0 aliphatic heterocycles. The topological polar surface area (TPSA) is 63.3 Å². The number of hydrogen-bond donors (Lipinski definition) is 2. The van der Waals surface area contributed by atoms with Crippen LogP contribution in [-0.2, 0) is 4.79 Å². The van der Waals surface area contributed by atoms with Crippen LogP contribution in [0.25, 0.3) is 0 Å². The van der Waals surface area contributed by atoms with Crippen molar-refractivity contribution in [1.29, 1.82) is 0 Å². The highest BCUT2D eigenvalue weighted by atomic mass is 16.4. The van der Waals surface area contributed by atoms with Gasteiger partial charge in [0, 0.05) is 6.42 Å². The van der Waals surface area contributed by atoms with E-state index in [1.807, 2.05) is 0 Å². The van der Waals surface area contributed by atoms with Crippen LogP contribution in [0.3, 0.4) is 0 Å². The SMILES string of the molecule is CCCCCC/C=C\CCCCCCCC(=O)O.CN. The predicted molar refractivity (Wildman–Crippen MR) is 88.0 cm³/mol. The van der Waals surface area contributed by atoms with E-state index in [4.69, 9.17) is 5.11 Å². The first-order valence-corrected chi connectivity index (χ1v) is 8.22. The minimum absolute atomic E-state index is 0.331. The van der Waals surface area contributed by atoms with Gasteiger partial charge in [-0.15, -0.1) is 0 Å². The molecule has 0 saturated heterocycles. The average molecular weight is 285 g/mol. The minimum Gasteiger partial charge on any atom is -0.481 e. The zero-order valence-electron chi connectivity index (χ0n) is 13.6. The Hall–Kier alpha value is -0.830. The maximum atomic E-state index is 10.3. The molecule has 20 heavy (non-hydrogen) atoms. The van der Waals surface area contributed by atoms with Crippen LogP contribution in [0.5, 0.6) is 0 Å². The molecule has 0 aromatic heterocycles. The van der Waals surface area contributed by atoms with Gasteiger partial charge in [0.25, 0.3) is 0 Å². The quantitative estimate of drug-likeness (QED) is 0.373. The molecule has 0 radical (unpaired) electrons. The number of carboxylic acids is 1. The highest BCUT2D eigenvalue weighted by molar-refractivity contribution is 5.66. The first-order valence-electron chi connectivity index (χ1n) is 8.22. The van der Waals surface area contributed by atoms with E-state index in [0.717, 1.165) is 12.8 Å². The van der Waals surface area contributed by atoms with Crippen LogP contribution >= 0.6 is 0 Å². The molecule has 0 aromatic carbocycles. The predicted octanol–water partition coefficient (Wildman–Crippen LogP) is 4.90. The van der Waals surface area contributed by atoms with Gasteiger partial charge in [0.15, 0.2) is 0 Å². The van der Waals surface area contributed by atoms with E-state index in [0.29, 0.717) is 6.42 Å². The van der Waals surface area contributed by atoms with E-state index in [1.165, 1.54) is 64.8 Å². The lowest BCUT2D eigenvalue weighted by molar-refractivity contribution is -0.137. The monoisotopic (exact) mass is 285 g/mol. The van der Waals surface area contributed by atoms with Crippen molar-refractivity contribution >= 4 is 5.97 Å². The van der Waals surface area contributed by atoms with E-state index < -0.39 is 5.97 Å². The van der Waals surface area contributed by atoms with Gasteiger partial charge < -0.3 is 10.8 Å². The van der Waals surface area contributed by atoms with Gasteiger partial charge in [-0.05, 0) is 39.2 Å². The highest BCUT2D eigenvalue weighted by Gasteiger charge is 1.95. The molecule has 0 aliphatic rings. The lowest BCUT2D eigenvalue weighted by atomic mass is 10.1. The summed E-state index contributed by atoms with van der Waals surface area (Å²) in [5, 5.41) is 8.48. The van der Waals surface area contributed by atoms with E-state index >= 15 is 0 Å². The molecule has 0 aliphatic carbocycles. The first kappa shape index (κ1) is 21.5. The zero-order chi connectivity index (χ0) is 15.5. The Labute approximate surface area is 125 Å². The number of carboxylic acid groups (broad SMARTS) is 1. The lowest BCUT2D eigenvalue weighted by Gasteiger charge is -1.98. The number of rotatable bonds is 13. The molecule has 120 valence electrons. The summed E-state index contributed by atoms with van der Waals surface area (Å²) in [5.41, 5.74) is 4.50. The van der Waals surface area contributed by atoms with Crippen LogP contribution in [-0.4, -0.2) is 18.1 Å². The summed E-state index contributed by atoms with van der Waals surface area (Å²) in [5.74, 6) is -0.666. The van der Waals surface area contributed by atoms with E-state index in [2.05, 4.69) is 24.8 Å². The maximum absolute atomic E-state index is 10.3. The molecule has 0 spiro atoms. The van der Waals surface area contributed by atoms with E-state index in [-0.39, 0.29) is 0 Å². The number of allylic oxidation sites excluding steroid dienone is 2. The molecule has 0 rings (SSSR count). The van der Waals surface area contributed by atoms with Crippen LogP contribution < -0.4 is 5.73 Å². The van der Waals surface area contributed by atoms with Crippen molar-refractivity contribution in [2.24, 2.45) is 5.73 Å². The minimum atomic E-state index is -0.666. The fourth-order valence-electron chi connectivity index (χ4n) is 1.99. The molecule has 0 amide bonds. The third kappa shape index (κ3) is 22.4.